The van der Waals surface area contributed by atoms with Gasteiger partial charge in [0, 0.05) is 24.4 Å². The average molecular weight is 343 g/mol. The second kappa shape index (κ2) is 7.08. The van der Waals surface area contributed by atoms with Crippen molar-refractivity contribution in [3.8, 4) is 0 Å². The number of hydrogen-bond acceptors (Lipinski definition) is 4. The van der Waals surface area contributed by atoms with Crippen LogP contribution in [0.1, 0.15) is 56.9 Å². The molecule has 2 saturated carbocycles. The summed E-state index contributed by atoms with van der Waals surface area (Å²) in [4.78, 5) is 13.3. The molecular weight excluding hydrogens is 314 g/mol. The number of hydrogen-bond donors (Lipinski definition) is 2. The van der Waals surface area contributed by atoms with E-state index in [4.69, 9.17) is 4.74 Å². The largest absolute Gasteiger partial charge is 0.458 e. The minimum absolute atomic E-state index is 0.0584. The van der Waals surface area contributed by atoms with Gasteiger partial charge in [-0.2, -0.15) is 0 Å². The molecule has 1 aromatic rings. The third kappa shape index (κ3) is 3.11. The summed E-state index contributed by atoms with van der Waals surface area (Å²) >= 11 is 0. The van der Waals surface area contributed by atoms with E-state index in [1.54, 1.807) is 0 Å². The molecule has 1 aromatic carbocycles. The molecule has 1 heterocycles. The summed E-state index contributed by atoms with van der Waals surface area (Å²) in [6, 6.07) is 9.71. The number of nitrogens with one attached hydrogen (secondary N) is 1. The number of fused-ring (bicyclic) bond motifs is 2. The predicted molar refractivity (Wildman–Crippen MR) is 95.9 cm³/mol. The highest BCUT2D eigenvalue weighted by molar-refractivity contribution is 5.82. The van der Waals surface area contributed by atoms with Crippen LogP contribution in [0.15, 0.2) is 30.3 Å². The third-order valence-electron chi connectivity index (χ3n) is 6.57. The van der Waals surface area contributed by atoms with E-state index in [1.165, 1.54) is 12.8 Å². The van der Waals surface area contributed by atoms with Gasteiger partial charge >= 0.3 is 5.97 Å². The van der Waals surface area contributed by atoms with Crippen molar-refractivity contribution in [2.24, 2.45) is 11.8 Å². The van der Waals surface area contributed by atoms with Crippen LogP contribution in [0.25, 0.3) is 0 Å². The van der Waals surface area contributed by atoms with Gasteiger partial charge in [-0.1, -0.05) is 56.0 Å². The molecule has 3 aliphatic rings. The monoisotopic (exact) mass is 343 g/mol. The van der Waals surface area contributed by atoms with E-state index in [-0.39, 0.29) is 18.1 Å². The first-order valence-electron chi connectivity index (χ1n) is 9.92. The van der Waals surface area contributed by atoms with Crippen LogP contribution in [0, 0.1) is 11.8 Å². The molecule has 136 valence electrons. The standard InChI is InChI=1S/C21H29NO3/c23-20(25-19-15-12-13-18(19)22-14-15)21(24,17-10-6-3-7-11-17)16-8-4-1-2-5-9-16/h3,6-7,10-11,15-16,18-19,22,24H,1-2,4-5,8-9,12-14H2. The molecule has 0 radical (unpaired) electrons. The summed E-state index contributed by atoms with van der Waals surface area (Å²) in [5.41, 5.74) is -0.835. The number of benzene rings is 1. The zero-order valence-electron chi connectivity index (χ0n) is 14.8. The van der Waals surface area contributed by atoms with E-state index in [0.717, 1.165) is 45.1 Å². The second-order valence-corrected chi connectivity index (χ2v) is 8.04. The fourth-order valence-electron chi connectivity index (χ4n) is 5.09. The smallest absolute Gasteiger partial charge is 0.343 e. The van der Waals surface area contributed by atoms with Gasteiger partial charge in [0.25, 0.3) is 0 Å². The average Bonchev–Trinajstić information content (AvgIpc) is 3.08. The number of ether oxygens (including phenoxy) is 1. The van der Waals surface area contributed by atoms with Crippen molar-refractivity contribution in [3.05, 3.63) is 35.9 Å². The summed E-state index contributed by atoms with van der Waals surface area (Å²) in [5, 5.41) is 15.1. The molecule has 0 amide bonds. The van der Waals surface area contributed by atoms with Crippen molar-refractivity contribution in [1.82, 2.24) is 5.32 Å². The maximum atomic E-state index is 13.3. The number of esters is 1. The van der Waals surface area contributed by atoms with Gasteiger partial charge in [0.15, 0.2) is 5.60 Å². The molecule has 3 fully saturated rings. The Balaban J connectivity index is 1.61. The van der Waals surface area contributed by atoms with Gasteiger partial charge in [-0.05, 0) is 31.2 Å². The van der Waals surface area contributed by atoms with E-state index >= 15 is 0 Å². The Kier molecular flexibility index (Phi) is 4.83. The number of aliphatic hydroxyl groups is 1. The molecule has 1 aliphatic heterocycles. The van der Waals surface area contributed by atoms with Crippen LogP contribution >= 0.6 is 0 Å². The minimum atomic E-state index is -1.52. The summed E-state index contributed by atoms with van der Waals surface area (Å²) < 4.78 is 5.96. The topological polar surface area (TPSA) is 58.6 Å². The molecule has 25 heavy (non-hydrogen) atoms. The molecular formula is C21H29NO3. The molecule has 4 heteroatoms. The Bertz CT molecular complexity index is 576. The number of carbonyl (C=O) groups is 1. The lowest BCUT2D eigenvalue weighted by atomic mass is 9.77. The van der Waals surface area contributed by atoms with E-state index in [9.17, 15) is 9.90 Å². The first-order chi connectivity index (χ1) is 12.2. The number of piperidine rings is 1. The van der Waals surface area contributed by atoms with E-state index in [0.29, 0.717) is 11.5 Å². The fraction of sp³-hybridized carbons (Fsp3) is 0.667. The van der Waals surface area contributed by atoms with Crippen LogP contribution in [-0.2, 0) is 15.1 Å². The lowest BCUT2D eigenvalue weighted by Gasteiger charge is -2.35. The maximum Gasteiger partial charge on any atom is 0.343 e. The first-order valence-corrected chi connectivity index (χ1v) is 9.92. The summed E-state index contributed by atoms with van der Waals surface area (Å²) in [7, 11) is 0. The van der Waals surface area contributed by atoms with Crippen LogP contribution in [0.5, 0.6) is 0 Å². The molecule has 4 atom stereocenters. The highest BCUT2D eigenvalue weighted by Crippen LogP contribution is 2.41. The lowest BCUT2D eigenvalue weighted by molar-refractivity contribution is -0.181. The summed E-state index contributed by atoms with van der Waals surface area (Å²) in [6.07, 6.45) is 8.39. The molecule has 2 N–H and O–H groups in total. The van der Waals surface area contributed by atoms with E-state index in [1.807, 2.05) is 30.3 Å². The zero-order chi connectivity index (χ0) is 17.3. The van der Waals surface area contributed by atoms with Crippen molar-refractivity contribution in [2.75, 3.05) is 6.54 Å². The Morgan fingerprint density at radius 3 is 2.32 bits per heavy atom. The lowest BCUT2D eigenvalue weighted by Crippen LogP contribution is -2.47. The van der Waals surface area contributed by atoms with Crippen LogP contribution < -0.4 is 5.32 Å². The molecule has 4 nitrogen and oxygen atoms in total. The molecule has 1 saturated heterocycles. The third-order valence-corrected chi connectivity index (χ3v) is 6.57. The minimum Gasteiger partial charge on any atom is -0.458 e. The zero-order valence-corrected chi connectivity index (χ0v) is 14.8. The van der Waals surface area contributed by atoms with Crippen molar-refractivity contribution >= 4 is 5.97 Å². The van der Waals surface area contributed by atoms with Crippen molar-refractivity contribution in [3.63, 3.8) is 0 Å². The number of carbonyl (C=O) groups excluding carboxylic acids is 1. The second-order valence-electron chi connectivity index (χ2n) is 8.04. The molecule has 0 spiro atoms. The number of rotatable bonds is 4. The van der Waals surface area contributed by atoms with E-state index in [2.05, 4.69) is 5.32 Å². The highest BCUT2D eigenvalue weighted by atomic mass is 16.6. The van der Waals surface area contributed by atoms with Gasteiger partial charge < -0.3 is 15.2 Å². The first kappa shape index (κ1) is 17.0. The van der Waals surface area contributed by atoms with Crippen molar-refractivity contribution in [2.45, 2.75) is 69.1 Å². The van der Waals surface area contributed by atoms with Gasteiger partial charge in [-0.15, -0.1) is 0 Å². The Labute approximate surface area is 150 Å². The maximum absolute atomic E-state index is 13.3. The molecule has 4 rings (SSSR count). The predicted octanol–water partition coefficient (Wildman–Crippen LogP) is 3.14. The van der Waals surface area contributed by atoms with Crippen molar-refractivity contribution in [1.29, 1.82) is 0 Å². The molecule has 0 aromatic heterocycles. The van der Waals surface area contributed by atoms with Gasteiger partial charge in [0.05, 0.1) is 0 Å². The Hall–Kier alpha value is -1.39. The van der Waals surface area contributed by atoms with Crippen LogP contribution in [0.4, 0.5) is 0 Å². The van der Waals surface area contributed by atoms with Crippen LogP contribution in [0.2, 0.25) is 0 Å². The highest BCUT2D eigenvalue weighted by Gasteiger charge is 2.51. The summed E-state index contributed by atoms with van der Waals surface area (Å²) in [6.45, 7) is 0.926. The van der Waals surface area contributed by atoms with Gasteiger partial charge in [0.2, 0.25) is 0 Å². The van der Waals surface area contributed by atoms with Gasteiger partial charge in [-0.3, -0.25) is 0 Å². The molecule has 2 bridgehead atoms. The van der Waals surface area contributed by atoms with Crippen molar-refractivity contribution < 1.29 is 14.6 Å². The fourth-order valence-corrected chi connectivity index (χ4v) is 5.09. The summed E-state index contributed by atoms with van der Waals surface area (Å²) in [5.74, 6) is -0.0868. The van der Waals surface area contributed by atoms with Gasteiger partial charge in [0.1, 0.15) is 6.10 Å². The van der Waals surface area contributed by atoms with Crippen LogP contribution in [0.3, 0.4) is 0 Å². The molecule has 2 aliphatic carbocycles. The Morgan fingerprint density at radius 2 is 1.76 bits per heavy atom. The molecule has 4 unspecified atom stereocenters. The SMILES string of the molecule is O=C(OC1C2CCC1NC2)C(O)(c1ccccc1)C1CCCCCC1. The Morgan fingerprint density at radius 1 is 1.04 bits per heavy atom. The van der Waals surface area contributed by atoms with E-state index < -0.39 is 11.6 Å². The van der Waals surface area contributed by atoms with Gasteiger partial charge in [-0.25, -0.2) is 4.79 Å². The normalized spacial score (nSPS) is 32.1. The van der Waals surface area contributed by atoms with Crippen LogP contribution in [-0.4, -0.2) is 29.8 Å². The quantitative estimate of drug-likeness (QED) is 0.651.